The molecule has 1 saturated carbocycles. The quantitative estimate of drug-likeness (QED) is 0.461. The van der Waals surface area contributed by atoms with Crippen molar-refractivity contribution >= 4 is 38.7 Å². The van der Waals surface area contributed by atoms with Crippen LogP contribution < -0.4 is 0 Å². The molecule has 0 atom stereocenters. The summed E-state index contributed by atoms with van der Waals surface area (Å²) in [6.45, 7) is 0. The second-order valence-corrected chi connectivity index (χ2v) is 7.88. The summed E-state index contributed by atoms with van der Waals surface area (Å²) in [5.41, 5.74) is 1.81. The fourth-order valence-electron chi connectivity index (χ4n) is 2.89. The van der Waals surface area contributed by atoms with Gasteiger partial charge in [0.2, 0.25) is 5.16 Å². The molecule has 1 aliphatic carbocycles. The highest BCUT2D eigenvalue weighted by Crippen LogP contribution is 2.41. The topological polar surface area (TPSA) is 74.3 Å². The molecule has 1 fully saturated rings. The molecule has 3 heterocycles. The third kappa shape index (κ3) is 2.71. The third-order valence-corrected chi connectivity index (χ3v) is 5.70. The minimum absolute atomic E-state index is 0.493. The average molecular weight is 428 g/mol. The standard InChI is InChI=1S/C17H14BrN7S/c1-24-15-12(13(18)22-24)16(20-9-19-15)26-17-21-14(10-7-8-10)25(23-17)11-5-3-2-4-6-11/h2-6,9-10H,7-8H2,1H3. The molecule has 0 N–H and O–H groups in total. The largest absolute Gasteiger partial charge is 0.249 e. The van der Waals surface area contributed by atoms with Gasteiger partial charge in [0, 0.05) is 13.0 Å². The predicted octanol–water partition coefficient (Wildman–Crippen LogP) is 3.74. The first-order chi connectivity index (χ1) is 12.7. The maximum Gasteiger partial charge on any atom is 0.215 e. The first-order valence-corrected chi connectivity index (χ1v) is 9.85. The number of hydrogen-bond acceptors (Lipinski definition) is 6. The smallest absolute Gasteiger partial charge is 0.215 e. The van der Waals surface area contributed by atoms with Gasteiger partial charge in [-0.15, -0.1) is 5.10 Å². The molecule has 0 bridgehead atoms. The molecular weight excluding hydrogens is 414 g/mol. The highest BCUT2D eigenvalue weighted by atomic mass is 79.9. The lowest BCUT2D eigenvalue weighted by molar-refractivity contribution is 0.777. The maximum atomic E-state index is 4.80. The Bertz CT molecular complexity index is 1100. The SMILES string of the molecule is Cn1nc(Br)c2c(Sc3nc(C4CC4)n(-c4ccccc4)n3)ncnc21. The van der Waals surface area contributed by atoms with Crippen LogP contribution in [0.2, 0.25) is 0 Å². The normalized spacial score (nSPS) is 14.2. The number of aromatic nitrogens is 7. The molecule has 4 aromatic rings. The molecule has 5 rings (SSSR count). The van der Waals surface area contributed by atoms with E-state index in [0.717, 1.165) is 32.2 Å². The number of hydrogen-bond donors (Lipinski definition) is 0. The fraction of sp³-hybridized carbons (Fsp3) is 0.235. The van der Waals surface area contributed by atoms with Crippen LogP contribution in [0.25, 0.3) is 16.7 Å². The van der Waals surface area contributed by atoms with E-state index in [1.807, 2.05) is 29.9 Å². The Labute approximate surface area is 162 Å². The van der Waals surface area contributed by atoms with Crippen LogP contribution in [0.4, 0.5) is 0 Å². The van der Waals surface area contributed by atoms with E-state index >= 15 is 0 Å². The second kappa shape index (κ2) is 6.17. The van der Waals surface area contributed by atoms with E-state index in [4.69, 9.17) is 10.1 Å². The summed E-state index contributed by atoms with van der Waals surface area (Å²) in [6, 6.07) is 10.1. The van der Waals surface area contributed by atoms with Gasteiger partial charge < -0.3 is 0 Å². The van der Waals surface area contributed by atoms with E-state index in [9.17, 15) is 0 Å². The van der Waals surface area contributed by atoms with Crippen LogP contribution in [-0.2, 0) is 7.05 Å². The van der Waals surface area contributed by atoms with E-state index in [0.29, 0.717) is 11.1 Å². The van der Waals surface area contributed by atoms with Crippen molar-refractivity contribution < 1.29 is 0 Å². The zero-order valence-corrected chi connectivity index (χ0v) is 16.3. The fourth-order valence-corrected chi connectivity index (χ4v) is 4.45. The first kappa shape index (κ1) is 16.0. The summed E-state index contributed by atoms with van der Waals surface area (Å²) < 4.78 is 4.41. The van der Waals surface area contributed by atoms with Crippen molar-refractivity contribution in [3.05, 3.63) is 47.1 Å². The average Bonchev–Trinajstić information content (AvgIpc) is 3.35. The van der Waals surface area contributed by atoms with Crippen LogP contribution >= 0.6 is 27.7 Å². The van der Waals surface area contributed by atoms with Crippen molar-refractivity contribution in [1.82, 2.24) is 34.5 Å². The zero-order valence-electron chi connectivity index (χ0n) is 13.9. The van der Waals surface area contributed by atoms with Gasteiger partial charge in [0.05, 0.1) is 11.1 Å². The van der Waals surface area contributed by atoms with Crippen molar-refractivity contribution in [1.29, 1.82) is 0 Å². The predicted molar refractivity (Wildman–Crippen MR) is 101 cm³/mol. The molecule has 3 aromatic heterocycles. The Morgan fingerprint density at radius 1 is 1.12 bits per heavy atom. The second-order valence-electron chi connectivity index (χ2n) is 6.17. The van der Waals surface area contributed by atoms with E-state index in [1.54, 1.807) is 11.0 Å². The van der Waals surface area contributed by atoms with Crippen LogP contribution in [0.15, 0.2) is 51.4 Å². The van der Waals surface area contributed by atoms with Crippen molar-refractivity contribution in [2.24, 2.45) is 7.05 Å². The van der Waals surface area contributed by atoms with Gasteiger partial charge in [-0.2, -0.15) is 5.10 Å². The van der Waals surface area contributed by atoms with E-state index in [2.05, 4.69) is 43.1 Å². The van der Waals surface area contributed by atoms with Gasteiger partial charge in [-0.1, -0.05) is 18.2 Å². The Hall–Kier alpha value is -2.26. The minimum atomic E-state index is 0.493. The molecule has 1 aromatic carbocycles. The number of fused-ring (bicyclic) bond motifs is 1. The van der Waals surface area contributed by atoms with Gasteiger partial charge >= 0.3 is 0 Å². The van der Waals surface area contributed by atoms with Gasteiger partial charge in [-0.05, 0) is 52.7 Å². The van der Waals surface area contributed by atoms with Crippen LogP contribution in [-0.4, -0.2) is 34.5 Å². The Morgan fingerprint density at radius 3 is 2.69 bits per heavy atom. The Morgan fingerprint density at radius 2 is 1.92 bits per heavy atom. The number of rotatable bonds is 4. The molecular formula is C17H14BrN7S. The number of para-hydroxylation sites is 1. The highest BCUT2D eigenvalue weighted by Gasteiger charge is 2.31. The third-order valence-electron chi connectivity index (χ3n) is 4.29. The molecule has 9 heteroatoms. The van der Waals surface area contributed by atoms with Gasteiger partial charge in [0.15, 0.2) is 5.65 Å². The zero-order chi connectivity index (χ0) is 17.7. The van der Waals surface area contributed by atoms with Crippen LogP contribution in [0.3, 0.4) is 0 Å². The number of nitrogens with zero attached hydrogens (tertiary/aromatic N) is 7. The molecule has 0 spiro atoms. The molecule has 0 amide bonds. The lowest BCUT2D eigenvalue weighted by Gasteiger charge is -2.03. The summed E-state index contributed by atoms with van der Waals surface area (Å²) in [6.07, 6.45) is 3.89. The van der Waals surface area contributed by atoms with Crippen LogP contribution in [0, 0.1) is 0 Å². The lowest BCUT2D eigenvalue weighted by atomic mass is 10.3. The minimum Gasteiger partial charge on any atom is -0.249 e. The first-order valence-electron chi connectivity index (χ1n) is 8.24. The van der Waals surface area contributed by atoms with Gasteiger partial charge in [0.25, 0.3) is 0 Å². The summed E-state index contributed by atoms with van der Waals surface area (Å²) in [4.78, 5) is 13.5. The maximum absolute atomic E-state index is 4.80. The molecule has 0 aliphatic heterocycles. The molecule has 0 saturated heterocycles. The summed E-state index contributed by atoms with van der Waals surface area (Å²) in [5, 5.41) is 11.5. The molecule has 130 valence electrons. The highest BCUT2D eigenvalue weighted by molar-refractivity contribution is 9.10. The van der Waals surface area contributed by atoms with Crippen LogP contribution in [0.5, 0.6) is 0 Å². The van der Waals surface area contributed by atoms with Gasteiger partial charge in [-0.3, -0.25) is 0 Å². The van der Waals surface area contributed by atoms with E-state index < -0.39 is 0 Å². The lowest BCUT2D eigenvalue weighted by Crippen LogP contribution is -2.01. The van der Waals surface area contributed by atoms with Crippen molar-refractivity contribution in [3.63, 3.8) is 0 Å². The summed E-state index contributed by atoms with van der Waals surface area (Å²) in [5.74, 6) is 1.52. The Balaban J connectivity index is 1.58. The Kier molecular flexibility index (Phi) is 3.79. The number of aryl methyl sites for hydroxylation is 1. The van der Waals surface area contributed by atoms with Crippen LogP contribution in [0.1, 0.15) is 24.6 Å². The number of benzene rings is 1. The summed E-state index contributed by atoms with van der Waals surface area (Å²) in [7, 11) is 1.86. The van der Waals surface area contributed by atoms with Gasteiger partial charge in [0.1, 0.15) is 21.8 Å². The molecule has 7 nitrogen and oxygen atoms in total. The molecule has 0 radical (unpaired) electrons. The van der Waals surface area contributed by atoms with Gasteiger partial charge in [-0.25, -0.2) is 24.3 Å². The van der Waals surface area contributed by atoms with Crippen molar-refractivity contribution in [2.75, 3.05) is 0 Å². The molecule has 0 unspecified atom stereocenters. The summed E-state index contributed by atoms with van der Waals surface area (Å²) >= 11 is 4.94. The molecule has 26 heavy (non-hydrogen) atoms. The van der Waals surface area contributed by atoms with Crippen molar-refractivity contribution in [3.8, 4) is 5.69 Å². The van der Waals surface area contributed by atoms with Crippen molar-refractivity contribution in [2.45, 2.75) is 28.9 Å². The van der Waals surface area contributed by atoms with E-state index in [-0.39, 0.29) is 0 Å². The number of halogens is 1. The monoisotopic (exact) mass is 427 g/mol. The van der Waals surface area contributed by atoms with E-state index in [1.165, 1.54) is 24.6 Å². The molecule has 1 aliphatic rings.